The Balaban J connectivity index is 1.53. The van der Waals surface area contributed by atoms with Gasteiger partial charge in [0, 0.05) is 26.2 Å². The standard InChI is InChI=1S/C16H30N4/c1-2-17-16(18-8-11-19-9-5-10-19)20-12-14-6-3-4-7-15(14)13-20/h14-15H,2-13H2,1H3,(H,17,18). The van der Waals surface area contributed by atoms with E-state index in [0.29, 0.717) is 0 Å². The molecule has 20 heavy (non-hydrogen) atoms. The van der Waals surface area contributed by atoms with Gasteiger partial charge in [-0.3, -0.25) is 4.99 Å². The number of hydrogen-bond donors (Lipinski definition) is 1. The maximum Gasteiger partial charge on any atom is 0.193 e. The Morgan fingerprint density at radius 2 is 1.80 bits per heavy atom. The first-order valence-electron chi connectivity index (χ1n) is 8.62. The van der Waals surface area contributed by atoms with E-state index in [2.05, 4.69) is 22.0 Å². The first-order valence-corrected chi connectivity index (χ1v) is 8.62. The Morgan fingerprint density at radius 1 is 1.10 bits per heavy atom. The smallest absolute Gasteiger partial charge is 0.193 e. The zero-order chi connectivity index (χ0) is 13.8. The third kappa shape index (κ3) is 3.27. The number of nitrogens with zero attached hydrogens (tertiary/aromatic N) is 3. The zero-order valence-corrected chi connectivity index (χ0v) is 13.0. The van der Waals surface area contributed by atoms with Crippen LogP contribution in [-0.2, 0) is 0 Å². The molecule has 3 fully saturated rings. The molecule has 0 spiro atoms. The number of rotatable bonds is 4. The first-order chi connectivity index (χ1) is 9.86. The minimum Gasteiger partial charge on any atom is -0.357 e. The van der Waals surface area contributed by atoms with Gasteiger partial charge in [-0.05, 0) is 51.1 Å². The molecule has 2 saturated heterocycles. The number of hydrogen-bond acceptors (Lipinski definition) is 2. The van der Waals surface area contributed by atoms with Crippen molar-refractivity contribution >= 4 is 5.96 Å². The van der Waals surface area contributed by atoms with Crippen LogP contribution in [0, 0.1) is 11.8 Å². The maximum atomic E-state index is 4.86. The van der Waals surface area contributed by atoms with Gasteiger partial charge in [-0.2, -0.15) is 0 Å². The Kier molecular flexibility index (Phi) is 4.81. The summed E-state index contributed by atoms with van der Waals surface area (Å²) in [5, 5.41) is 3.50. The second kappa shape index (κ2) is 6.79. The average Bonchev–Trinajstić information content (AvgIpc) is 2.84. The van der Waals surface area contributed by atoms with Gasteiger partial charge in [-0.1, -0.05) is 12.8 Å². The molecule has 1 saturated carbocycles. The van der Waals surface area contributed by atoms with Crippen molar-refractivity contribution in [3.8, 4) is 0 Å². The third-order valence-electron chi connectivity index (χ3n) is 5.24. The van der Waals surface area contributed by atoms with Crippen LogP contribution in [0.2, 0.25) is 0 Å². The molecule has 4 heteroatoms. The van der Waals surface area contributed by atoms with E-state index in [1.54, 1.807) is 0 Å². The number of likely N-dealkylation sites (tertiary alicyclic amines) is 2. The Hall–Kier alpha value is -0.770. The maximum absolute atomic E-state index is 4.86. The summed E-state index contributed by atoms with van der Waals surface area (Å²) in [5.41, 5.74) is 0. The molecule has 114 valence electrons. The van der Waals surface area contributed by atoms with Crippen LogP contribution >= 0.6 is 0 Å². The summed E-state index contributed by atoms with van der Waals surface area (Å²) >= 11 is 0. The first kappa shape index (κ1) is 14.2. The molecular weight excluding hydrogens is 248 g/mol. The zero-order valence-electron chi connectivity index (χ0n) is 13.0. The second-order valence-corrected chi connectivity index (χ2v) is 6.64. The number of fused-ring (bicyclic) bond motifs is 1. The van der Waals surface area contributed by atoms with Crippen LogP contribution in [0.15, 0.2) is 4.99 Å². The van der Waals surface area contributed by atoms with E-state index in [9.17, 15) is 0 Å². The van der Waals surface area contributed by atoms with E-state index in [4.69, 9.17) is 4.99 Å². The summed E-state index contributed by atoms with van der Waals surface area (Å²) in [6.45, 7) is 10.3. The molecule has 2 heterocycles. The lowest BCUT2D eigenvalue weighted by atomic mass is 9.82. The molecule has 4 nitrogen and oxygen atoms in total. The fraction of sp³-hybridized carbons (Fsp3) is 0.938. The normalized spacial score (nSPS) is 31.1. The van der Waals surface area contributed by atoms with E-state index in [1.165, 1.54) is 64.2 Å². The molecule has 0 bridgehead atoms. The molecule has 0 aromatic heterocycles. The summed E-state index contributed by atoms with van der Waals surface area (Å²) < 4.78 is 0. The topological polar surface area (TPSA) is 30.9 Å². The summed E-state index contributed by atoms with van der Waals surface area (Å²) in [7, 11) is 0. The van der Waals surface area contributed by atoms with Gasteiger partial charge in [0.05, 0.1) is 6.54 Å². The molecule has 1 N–H and O–H groups in total. The summed E-state index contributed by atoms with van der Waals surface area (Å²) in [4.78, 5) is 9.89. The average molecular weight is 278 g/mol. The van der Waals surface area contributed by atoms with Crippen LogP contribution in [-0.4, -0.2) is 61.6 Å². The predicted octanol–water partition coefficient (Wildman–Crippen LogP) is 1.78. The van der Waals surface area contributed by atoms with Crippen LogP contribution in [0.25, 0.3) is 0 Å². The molecule has 0 aromatic rings. The molecule has 0 aromatic carbocycles. The lowest BCUT2D eigenvalue weighted by Crippen LogP contribution is -2.42. The lowest BCUT2D eigenvalue weighted by Gasteiger charge is -2.30. The van der Waals surface area contributed by atoms with Gasteiger partial charge < -0.3 is 15.1 Å². The quantitative estimate of drug-likeness (QED) is 0.628. The fourth-order valence-electron chi connectivity index (χ4n) is 3.91. The highest BCUT2D eigenvalue weighted by atomic mass is 15.3. The van der Waals surface area contributed by atoms with E-state index in [-0.39, 0.29) is 0 Å². The van der Waals surface area contributed by atoms with Gasteiger partial charge in [0.2, 0.25) is 0 Å². The van der Waals surface area contributed by atoms with Crippen molar-refractivity contribution in [2.75, 3.05) is 45.8 Å². The molecule has 0 amide bonds. The molecule has 2 aliphatic heterocycles. The molecule has 2 unspecified atom stereocenters. The van der Waals surface area contributed by atoms with Gasteiger partial charge in [-0.15, -0.1) is 0 Å². The van der Waals surface area contributed by atoms with Crippen LogP contribution in [0.5, 0.6) is 0 Å². The van der Waals surface area contributed by atoms with Gasteiger partial charge in [-0.25, -0.2) is 0 Å². The summed E-state index contributed by atoms with van der Waals surface area (Å²) in [5.74, 6) is 3.04. The van der Waals surface area contributed by atoms with Crippen LogP contribution in [0.1, 0.15) is 39.0 Å². The van der Waals surface area contributed by atoms with Gasteiger partial charge in [0.1, 0.15) is 0 Å². The lowest BCUT2D eigenvalue weighted by molar-refractivity contribution is 0.187. The highest BCUT2D eigenvalue weighted by molar-refractivity contribution is 5.80. The Morgan fingerprint density at radius 3 is 2.35 bits per heavy atom. The van der Waals surface area contributed by atoms with Crippen LogP contribution in [0.3, 0.4) is 0 Å². The Bertz CT molecular complexity index is 323. The highest BCUT2D eigenvalue weighted by Gasteiger charge is 2.35. The molecular formula is C16H30N4. The van der Waals surface area contributed by atoms with Crippen LogP contribution < -0.4 is 5.32 Å². The summed E-state index contributed by atoms with van der Waals surface area (Å²) in [6, 6.07) is 0. The third-order valence-corrected chi connectivity index (χ3v) is 5.24. The molecule has 3 aliphatic rings. The number of nitrogens with one attached hydrogen (secondary N) is 1. The largest absolute Gasteiger partial charge is 0.357 e. The predicted molar refractivity (Wildman–Crippen MR) is 84.1 cm³/mol. The molecule has 2 atom stereocenters. The van der Waals surface area contributed by atoms with Gasteiger partial charge in [0.15, 0.2) is 5.96 Å². The Labute approximate surface area is 123 Å². The SMILES string of the molecule is CCNC(=NCCN1CCC1)N1CC2CCCCC2C1. The van der Waals surface area contributed by atoms with E-state index < -0.39 is 0 Å². The van der Waals surface area contributed by atoms with Crippen molar-refractivity contribution in [1.82, 2.24) is 15.1 Å². The molecule has 1 aliphatic carbocycles. The van der Waals surface area contributed by atoms with Crippen LogP contribution in [0.4, 0.5) is 0 Å². The molecule has 0 radical (unpaired) electrons. The van der Waals surface area contributed by atoms with Crippen molar-refractivity contribution in [2.24, 2.45) is 16.8 Å². The monoisotopic (exact) mass is 278 g/mol. The fourth-order valence-corrected chi connectivity index (χ4v) is 3.91. The number of aliphatic imine (C=N–C) groups is 1. The van der Waals surface area contributed by atoms with Crippen molar-refractivity contribution in [2.45, 2.75) is 39.0 Å². The van der Waals surface area contributed by atoms with E-state index in [0.717, 1.165) is 31.5 Å². The summed E-state index contributed by atoms with van der Waals surface area (Å²) in [6.07, 6.45) is 7.14. The van der Waals surface area contributed by atoms with E-state index >= 15 is 0 Å². The highest BCUT2D eigenvalue weighted by Crippen LogP contribution is 2.35. The minimum atomic E-state index is 0.933. The van der Waals surface area contributed by atoms with Gasteiger partial charge in [0.25, 0.3) is 0 Å². The number of guanidine groups is 1. The van der Waals surface area contributed by atoms with E-state index in [1.807, 2.05) is 0 Å². The molecule has 3 rings (SSSR count). The van der Waals surface area contributed by atoms with Crippen molar-refractivity contribution < 1.29 is 0 Å². The van der Waals surface area contributed by atoms with Crippen molar-refractivity contribution in [3.63, 3.8) is 0 Å². The van der Waals surface area contributed by atoms with Crippen molar-refractivity contribution in [3.05, 3.63) is 0 Å². The van der Waals surface area contributed by atoms with Crippen molar-refractivity contribution in [1.29, 1.82) is 0 Å². The minimum absolute atomic E-state index is 0.933. The second-order valence-electron chi connectivity index (χ2n) is 6.64. The van der Waals surface area contributed by atoms with Gasteiger partial charge >= 0.3 is 0 Å².